The second-order valence-electron chi connectivity index (χ2n) is 27.3. The summed E-state index contributed by atoms with van der Waals surface area (Å²) in [6.45, 7) is 4.72. The first-order chi connectivity index (χ1) is 51.9. The molecular weight excluding hydrogens is 1380 g/mol. The first-order valence-corrected chi connectivity index (χ1v) is 35.6. The van der Waals surface area contributed by atoms with Gasteiger partial charge >= 0.3 is 0 Å². The van der Waals surface area contributed by atoms with Gasteiger partial charge in [-0.2, -0.15) is 15.3 Å². The lowest BCUT2D eigenvalue weighted by Crippen LogP contribution is -2.49. The number of carbonyl (C=O) groups excluding carboxylic acids is 3. The summed E-state index contributed by atoms with van der Waals surface area (Å²) in [5, 5.41) is 19.5. The summed E-state index contributed by atoms with van der Waals surface area (Å²) in [6, 6.07) is 58.0. The van der Waals surface area contributed by atoms with Crippen LogP contribution in [0.5, 0.6) is 0 Å². The monoisotopic (exact) mass is 1450 g/mol. The number of hydrogen-bond donors (Lipinski definition) is 2. The van der Waals surface area contributed by atoms with Crippen LogP contribution in [-0.2, 0) is 45.1 Å². The number of carbonyl (C=O) groups is 3. The predicted molar refractivity (Wildman–Crippen MR) is 388 cm³/mol. The summed E-state index contributed by atoms with van der Waals surface area (Å²) in [4.78, 5) is 44.1. The molecule has 16 rings (SSSR count). The highest BCUT2D eigenvalue weighted by Gasteiger charge is 2.39. The topological polar surface area (TPSA) is 135 Å². The highest BCUT2D eigenvalue weighted by atomic mass is 19.2. The second kappa shape index (κ2) is 31.9. The molecule has 3 unspecified atom stereocenters. The molecule has 4 aliphatic rings. The number of para-hydroxylation sites is 1. The normalized spacial score (nSPS) is 15.9. The number of rotatable bonds is 17. The molecule has 3 amide bonds. The number of piperazine rings is 1. The average Bonchev–Trinajstić information content (AvgIpc) is 1.61. The Kier molecular flexibility index (Phi) is 21.5. The number of nitrogens with one attached hydrogen (secondary N) is 2. The number of nitrogens with zero attached hydrogens (tertiary/aromatic N) is 8. The van der Waals surface area contributed by atoms with Crippen molar-refractivity contribution in [2.24, 2.45) is 0 Å². The smallest absolute Gasteiger partial charge is 0.274 e. The van der Waals surface area contributed by atoms with Crippen molar-refractivity contribution < 1.29 is 53.9 Å². The van der Waals surface area contributed by atoms with Gasteiger partial charge in [0.25, 0.3) is 17.7 Å². The number of fused-ring (bicyclic) bond motifs is 3. The molecule has 12 aromatic rings. The Morgan fingerprint density at radius 3 is 1.18 bits per heavy atom. The molecule has 0 saturated carbocycles. The van der Waals surface area contributed by atoms with Crippen molar-refractivity contribution in [1.29, 1.82) is 0 Å². The molecular formula is C85H73F9N10O3. The van der Waals surface area contributed by atoms with Gasteiger partial charge in [0.1, 0.15) is 52.0 Å². The maximum atomic E-state index is 14.9. The molecule has 3 aromatic heterocycles. The van der Waals surface area contributed by atoms with Crippen LogP contribution in [0.4, 0.5) is 45.2 Å². The van der Waals surface area contributed by atoms with E-state index < -0.39 is 34.9 Å². The largest absolute Gasteiger partial charge is 0.368 e. The molecule has 1 fully saturated rings. The van der Waals surface area contributed by atoms with Gasteiger partial charge in [0.2, 0.25) is 0 Å². The Hall–Kier alpha value is -11.8. The van der Waals surface area contributed by atoms with Crippen molar-refractivity contribution >= 4 is 23.4 Å². The predicted octanol–water partition coefficient (Wildman–Crippen LogP) is 17.1. The molecule has 4 heterocycles. The lowest BCUT2D eigenvalue weighted by Gasteiger charge is -2.36. The maximum Gasteiger partial charge on any atom is 0.274 e. The van der Waals surface area contributed by atoms with Crippen molar-refractivity contribution in [2.75, 3.05) is 31.1 Å². The van der Waals surface area contributed by atoms with E-state index in [1.165, 1.54) is 80.8 Å². The Labute approximate surface area is 611 Å². The van der Waals surface area contributed by atoms with Crippen molar-refractivity contribution in [3.63, 3.8) is 0 Å². The molecule has 22 heteroatoms. The van der Waals surface area contributed by atoms with E-state index >= 15 is 0 Å². The van der Waals surface area contributed by atoms with Gasteiger partial charge in [0, 0.05) is 91.1 Å². The van der Waals surface area contributed by atoms with Crippen LogP contribution in [0.3, 0.4) is 0 Å². The average molecular weight is 1450 g/mol. The molecule has 9 aromatic carbocycles. The van der Waals surface area contributed by atoms with E-state index in [1.54, 1.807) is 23.1 Å². The van der Waals surface area contributed by atoms with Crippen molar-refractivity contribution in [2.45, 2.75) is 95.1 Å². The van der Waals surface area contributed by atoms with E-state index in [0.717, 1.165) is 86.6 Å². The highest BCUT2D eigenvalue weighted by Crippen LogP contribution is 2.43. The summed E-state index contributed by atoms with van der Waals surface area (Å²) < 4.78 is 131. The van der Waals surface area contributed by atoms with Crippen LogP contribution in [0.15, 0.2) is 218 Å². The molecule has 1 aliphatic heterocycles. The molecule has 107 heavy (non-hydrogen) atoms. The molecule has 544 valence electrons. The van der Waals surface area contributed by atoms with Gasteiger partial charge in [-0.05, 0) is 177 Å². The number of anilines is 1. The molecule has 13 nitrogen and oxygen atoms in total. The summed E-state index contributed by atoms with van der Waals surface area (Å²) in [6.07, 6.45) is 5.50. The van der Waals surface area contributed by atoms with Crippen LogP contribution in [0, 0.1) is 52.4 Å². The van der Waals surface area contributed by atoms with Crippen LogP contribution in [0.25, 0.3) is 17.1 Å². The minimum Gasteiger partial charge on any atom is -0.368 e. The first-order valence-electron chi connectivity index (χ1n) is 35.6. The van der Waals surface area contributed by atoms with Crippen molar-refractivity contribution in [3.05, 3.63) is 349 Å². The zero-order chi connectivity index (χ0) is 74.4. The molecule has 2 N–H and O–H groups in total. The zero-order valence-electron chi connectivity index (χ0n) is 58.2. The fourth-order valence-electron chi connectivity index (χ4n) is 15.2. The number of benzene rings is 9. The van der Waals surface area contributed by atoms with Crippen molar-refractivity contribution in [1.82, 2.24) is 44.9 Å². The van der Waals surface area contributed by atoms with E-state index in [4.69, 9.17) is 0 Å². The molecule has 0 radical (unpaired) electrons. The third kappa shape index (κ3) is 16.1. The Balaban J connectivity index is 0.000000135. The lowest BCUT2D eigenvalue weighted by atomic mass is 9.97. The van der Waals surface area contributed by atoms with Gasteiger partial charge in [-0.1, -0.05) is 115 Å². The maximum absolute atomic E-state index is 14.9. The van der Waals surface area contributed by atoms with E-state index in [-0.39, 0.29) is 87.4 Å². The summed E-state index contributed by atoms with van der Waals surface area (Å²) in [7, 11) is 0. The quantitative estimate of drug-likeness (QED) is 0.0867. The molecule has 3 aliphatic carbocycles. The minimum atomic E-state index is -0.767. The van der Waals surface area contributed by atoms with Gasteiger partial charge in [-0.15, -0.1) is 0 Å². The number of hydrogen-bond acceptors (Lipinski definition) is 7. The summed E-state index contributed by atoms with van der Waals surface area (Å²) in [5.41, 5.74) is 10.9. The molecule has 4 atom stereocenters. The van der Waals surface area contributed by atoms with E-state index in [0.29, 0.717) is 101 Å². The summed E-state index contributed by atoms with van der Waals surface area (Å²) in [5.74, 6) is -6.48. The third-order valence-corrected chi connectivity index (χ3v) is 20.2. The number of halogens is 9. The third-order valence-electron chi connectivity index (χ3n) is 20.2. The molecule has 1 saturated heterocycles. The highest BCUT2D eigenvalue weighted by molar-refractivity contribution is 5.96. The Bertz CT molecular complexity index is 5240. The Morgan fingerprint density at radius 2 is 0.766 bits per heavy atom. The minimum absolute atomic E-state index is 0.0731. The zero-order valence-corrected chi connectivity index (χ0v) is 58.2. The molecule has 0 spiro atoms. The van der Waals surface area contributed by atoms with Gasteiger partial charge in [-0.25, -0.2) is 53.6 Å². The second-order valence-corrected chi connectivity index (χ2v) is 27.3. The van der Waals surface area contributed by atoms with Gasteiger partial charge < -0.3 is 20.4 Å². The summed E-state index contributed by atoms with van der Waals surface area (Å²) >= 11 is 0. The van der Waals surface area contributed by atoms with Gasteiger partial charge in [0.15, 0.2) is 34.5 Å². The van der Waals surface area contributed by atoms with Crippen LogP contribution in [0.1, 0.15) is 143 Å². The van der Waals surface area contributed by atoms with Crippen molar-refractivity contribution in [3.8, 4) is 17.1 Å². The number of amides is 3. The van der Waals surface area contributed by atoms with E-state index in [2.05, 4.69) is 43.0 Å². The Morgan fingerprint density at radius 1 is 0.402 bits per heavy atom. The van der Waals surface area contributed by atoms with Gasteiger partial charge in [-0.3, -0.25) is 14.4 Å². The van der Waals surface area contributed by atoms with Crippen LogP contribution in [-0.4, -0.2) is 78.1 Å². The van der Waals surface area contributed by atoms with E-state index in [1.807, 2.05) is 104 Å². The first kappa shape index (κ1) is 72.1. The number of aromatic nitrogens is 6. The van der Waals surface area contributed by atoms with E-state index in [9.17, 15) is 53.9 Å². The lowest BCUT2D eigenvalue weighted by molar-refractivity contribution is 0.0738. The van der Waals surface area contributed by atoms with Crippen LogP contribution < -0.4 is 15.5 Å². The SMILES string of the molecule is C[C@H](NC(=O)c1nn(-c2ccc(F)cc2F)c2c1CCC2Cc1cccc(F)c1)c1ccccc1.O=C(NCc1ccccc1)c1nn(-c2ccc(F)cc2F)c2c1CCC2Cc1cccc(F)c1.O=C(c1nn(-c2ccc(F)cc2F)c2c1CCC2Cc1cccc(F)c1)N1CCN(c2ccccc2)CC1. The molecule has 0 bridgehead atoms. The standard InChI is InChI=1S/C30H27F3N4O.C28H24F3N3O.C27H22F3N3O/c31-22-6-4-5-20(18-22)17-21-9-11-25-28(34-37(29(21)25)27-12-10-23(32)19-26(27)33)30(38)36-15-13-35(14-16-36)24-7-2-1-3-8-24;1-17(19-7-3-2-4-8-19)32-28(35)26-23-12-10-20(14-18-6-5-9-21(29)15-18)27(23)34(33-26)25-13-11-22(30)16-24(25)31;28-20-8-4-7-18(14-20)13-19-9-11-22-25(27(34)31-16-17-5-2-1-3-6-17)32-33(26(19)22)24-12-10-21(29)15-23(24)30/h1-8,10,12,18-19,21H,9,11,13-17H2;2-9,11,13,15-17,20H,10,12,14H2,1H3,(H,32,35);1-8,10,12,14-15,19H,9,11,13,16H2,(H,31,34)/t;17-,20?;/m.0./s1. The fourth-order valence-corrected chi connectivity index (χ4v) is 15.2. The van der Waals surface area contributed by atoms with Crippen LogP contribution >= 0.6 is 0 Å². The van der Waals surface area contributed by atoms with Gasteiger partial charge in [0.05, 0.1) is 23.1 Å². The van der Waals surface area contributed by atoms with Crippen LogP contribution in [0.2, 0.25) is 0 Å². The fraction of sp³-hybridized carbons (Fsp3) is 0.224.